The van der Waals surface area contributed by atoms with Crippen molar-refractivity contribution in [2.45, 2.75) is 20.8 Å². The number of hydrogen-bond donors (Lipinski definition) is 1. The lowest BCUT2D eigenvalue weighted by Gasteiger charge is -2.15. The van der Waals surface area contributed by atoms with Gasteiger partial charge in [0.15, 0.2) is 5.75 Å². The topological polar surface area (TPSA) is 84.9 Å². The highest BCUT2D eigenvalue weighted by Crippen LogP contribution is 2.34. The zero-order chi connectivity index (χ0) is 18.0. The van der Waals surface area contributed by atoms with Gasteiger partial charge in [-0.2, -0.15) is 0 Å². The molecule has 1 aromatic rings. The minimum Gasteiger partial charge on any atom is -0.434 e. The lowest BCUT2D eigenvalue weighted by atomic mass is 10.2. The summed E-state index contributed by atoms with van der Waals surface area (Å²) in [7, 11) is 0. The third-order valence-electron chi connectivity index (χ3n) is 3.05. The number of amides is 3. The fraction of sp³-hybridized carbons (Fsp3) is 0.267. The number of hydrogen-bond acceptors (Lipinski definition) is 5. The zero-order valence-electron chi connectivity index (χ0n) is 13.1. The van der Waals surface area contributed by atoms with Crippen LogP contribution >= 0.6 is 11.6 Å². The highest BCUT2D eigenvalue weighted by molar-refractivity contribution is 6.32. The van der Waals surface area contributed by atoms with Gasteiger partial charge in [0.2, 0.25) is 0 Å². The fourth-order valence-corrected chi connectivity index (χ4v) is 2.17. The summed E-state index contributed by atoms with van der Waals surface area (Å²) in [6, 6.07) is 1.01. The molecule has 1 aromatic carbocycles. The maximum Gasteiger partial charge on any atom is 0.513 e. The summed E-state index contributed by atoms with van der Waals surface area (Å²) < 4.78 is 23.6. The highest BCUT2D eigenvalue weighted by atomic mass is 35.5. The number of anilines is 1. The van der Waals surface area contributed by atoms with Gasteiger partial charge >= 0.3 is 12.2 Å². The molecule has 0 spiro atoms. The molecule has 128 valence electrons. The van der Waals surface area contributed by atoms with Crippen LogP contribution in [0.2, 0.25) is 5.02 Å². The Bertz CT molecular complexity index is 758. The molecule has 1 saturated heterocycles. The van der Waals surface area contributed by atoms with Gasteiger partial charge < -0.3 is 14.8 Å². The number of benzene rings is 1. The highest BCUT2D eigenvalue weighted by Gasteiger charge is 2.37. The first-order chi connectivity index (χ1) is 11.3. The quantitative estimate of drug-likeness (QED) is 0.388. The molecule has 1 aliphatic heterocycles. The summed E-state index contributed by atoms with van der Waals surface area (Å²) in [5.41, 5.74) is 0.230. The van der Waals surface area contributed by atoms with Crippen LogP contribution < -0.4 is 15.0 Å². The molecule has 0 bridgehead atoms. The van der Waals surface area contributed by atoms with Crippen molar-refractivity contribution in [1.29, 1.82) is 0 Å². The van der Waals surface area contributed by atoms with Gasteiger partial charge in [0.25, 0.3) is 5.91 Å². The van der Waals surface area contributed by atoms with E-state index >= 15 is 0 Å². The van der Waals surface area contributed by atoms with Crippen molar-refractivity contribution in [3.8, 4) is 5.75 Å². The van der Waals surface area contributed by atoms with Crippen LogP contribution in [-0.2, 0) is 9.53 Å². The molecule has 0 aromatic heterocycles. The second-order valence-corrected chi connectivity index (χ2v) is 5.37. The Hall–Kier alpha value is -2.61. The van der Waals surface area contributed by atoms with Crippen LogP contribution in [0.4, 0.5) is 19.7 Å². The maximum absolute atomic E-state index is 14.2. The van der Waals surface area contributed by atoms with Crippen molar-refractivity contribution < 1.29 is 28.2 Å². The third kappa shape index (κ3) is 3.33. The summed E-state index contributed by atoms with van der Waals surface area (Å²) in [4.78, 5) is 36.3. The van der Waals surface area contributed by atoms with Crippen molar-refractivity contribution in [3.05, 3.63) is 34.2 Å². The van der Waals surface area contributed by atoms with E-state index in [4.69, 9.17) is 16.3 Å². The van der Waals surface area contributed by atoms with Crippen molar-refractivity contribution in [1.82, 2.24) is 5.32 Å². The second kappa shape index (κ2) is 6.88. The molecule has 7 nitrogen and oxygen atoms in total. The van der Waals surface area contributed by atoms with Gasteiger partial charge in [-0.25, -0.2) is 18.9 Å². The van der Waals surface area contributed by atoms with Crippen LogP contribution in [0.15, 0.2) is 23.4 Å². The molecular formula is C15H14ClFN2O5. The number of imide groups is 1. The van der Waals surface area contributed by atoms with Crippen molar-refractivity contribution >= 4 is 35.4 Å². The van der Waals surface area contributed by atoms with Crippen LogP contribution in [0.5, 0.6) is 5.75 Å². The van der Waals surface area contributed by atoms with Crippen LogP contribution in [-0.4, -0.2) is 24.7 Å². The molecule has 0 aliphatic carbocycles. The number of ether oxygens (including phenoxy) is 2. The number of allylic oxidation sites excluding steroid dienone is 1. The minimum absolute atomic E-state index is 0.0576. The van der Waals surface area contributed by atoms with Gasteiger partial charge in [0, 0.05) is 6.07 Å². The van der Waals surface area contributed by atoms with E-state index in [0.717, 1.165) is 12.1 Å². The SMILES string of the molecule is CCOC(=O)Oc1cc(N2C(=O)NC(=C(C)C)C2=O)c(F)cc1Cl. The summed E-state index contributed by atoms with van der Waals surface area (Å²) in [6.45, 7) is 4.91. The summed E-state index contributed by atoms with van der Waals surface area (Å²) >= 11 is 5.82. The molecule has 3 amide bonds. The molecule has 0 atom stereocenters. The number of carbonyl (C=O) groups excluding carboxylic acids is 3. The predicted octanol–water partition coefficient (Wildman–Crippen LogP) is 3.36. The summed E-state index contributed by atoms with van der Waals surface area (Å²) in [5, 5.41) is 2.15. The van der Waals surface area contributed by atoms with E-state index in [1.165, 1.54) is 0 Å². The van der Waals surface area contributed by atoms with E-state index in [-0.39, 0.29) is 23.1 Å². The predicted molar refractivity (Wildman–Crippen MR) is 83.5 cm³/mol. The van der Waals surface area contributed by atoms with Crippen LogP contribution in [0.1, 0.15) is 20.8 Å². The summed E-state index contributed by atoms with van der Waals surface area (Å²) in [6.07, 6.45) is -1.04. The number of halogens is 2. The Morgan fingerprint density at radius 1 is 1.33 bits per heavy atom. The van der Waals surface area contributed by atoms with Crippen molar-refractivity contribution in [3.63, 3.8) is 0 Å². The molecule has 1 N–H and O–H groups in total. The molecule has 0 radical (unpaired) electrons. The third-order valence-corrected chi connectivity index (χ3v) is 3.35. The van der Waals surface area contributed by atoms with Crippen molar-refractivity contribution in [2.75, 3.05) is 11.5 Å². The van der Waals surface area contributed by atoms with Crippen LogP contribution in [0.25, 0.3) is 0 Å². The van der Waals surface area contributed by atoms with E-state index in [2.05, 4.69) is 10.1 Å². The smallest absolute Gasteiger partial charge is 0.434 e. The van der Waals surface area contributed by atoms with E-state index in [1.54, 1.807) is 20.8 Å². The first-order valence-corrected chi connectivity index (χ1v) is 7.30. The molecule has 2 rings (SSSR count). The minimum atomic E-state index is -1.04. The Kier molecular flexibility index (Phi) is 5.08. The molecule has 0 saturated carbocycles. The molecule has 1 fully saturated rings. The molecular weight excluding hydrogens is 343 g/mol. The maximum atomic E-state index is 14.2. The summed E-state index contributed by atoms with van der Waals surface area (Å²) in [5.74, 6) is -1.88. The van der Waals surface area contributed by atoms with Gasteiger partial charge in [-0.1, -0.05) is 11.6 Å². The first-order valence-electron chi connectivity index (χ1n) is 6.92. The van der Waals surface area contributed by atoms with Gasteiger partial charge in [-0.15, -0.1) is 0 Å². The number of carbonyl (C=O) groups is 3. The standard InChI is InChI=1S/C15H14ClFN2O5/c1-4-23-15(22)24-11-6-10(9(17)5-8(11)16)19-13(20)12(7(2)3)18-14(19)21/h5-6H,4H2,1-3H3,(H,18,21). The average molecular weight is 357 g/mol. The molecule has 1 aliphatic rings. The van der Waals surface area contributed by atoms with E-state index in [1.807, 2.05) is 0 Å². The Morgan fingerprint density at radius 2 is 2.00 bits per heavy atom. The molecule has 1 heterocycles. The molecule has 9 heteroatoms. The number of nitrogens with one attached hydrogen (secondary N) is 1. The van der Waals surface area contributed by atoms with Gasteiger partial charge in [0.05, 0.1) is 17.3 Å². The first kappa shape index (κ1) is 17.7. The molecule has 24 heavy (non-hydrogen) atoms. The van der Waals surface area contributed by atoms with Gasteiger partial charge in [0.1, 0.15) is 11.5 Å². The van der Waals surface area contributed by atoms with E-state index < -0.39 is 29.6 Å². The molecule has 0 unspecified atom stereocenters. The zero-order valence-corrected chi connectivity index (χ0v) is 13.9. The Morgan fingerprint density at radius 3 is 2.54 bits per heavy atom. The number of urea groups is 1. The Balaban J connectivity index is 2.44. The monoisotopic (exact) mass is 356 g/mol. The van der Waals surface area contributed by atoms with Gasteiger partial charge in [-0.05, 0) is 32.4 Å². The van der Waals surface area contributed by atoms with Crippen LogP contribution in [0, 0.1) is 5.82 Å². The van der Waals surface area contributed by atoms with Gasteiger partial charge in [-0.3, -0.25) is 4.79 Å². The van der Waals surface area contributed by atoms with E-state index in [0.29, 0.717) is 10.5 Å². The van der Waals surface area contributed by atoms with E-state index in [9.17, 15) is 18.8 Å². The van der Waals surface area contributed by atoms with Crippen LogP contribution in [0.3, 0.4) is 0 Å². The second-order valence-electron chi connectivity index (χ2n) is 4.96. The normalized spacial score (nSPS) is 13.9. The Labute approximate surface area is 142 Å². The largest absolute Gasteiger partial charge is 0.513 e. The van der Waals surface area contributed by atoms with Crippen molar-refractivity contribution in [2.24, 2.45) is 0 Å². The lowest BCUT2D eigenvalue weighted by molar-refractivity contribution is -0.114. The lowest BCUT2D eigenvalue weighted by Crippen LogP contribution is -2.31. The number of rotatable bonds is 3. The fourth-order valence-electron chi connectivity index (χ4n) is 1.98. The number of nitrogens with zero attached hydrogens (tertiary/aromatic N) is 1. The average Bonchev–Trinajstić information content (AvgIpc) is 2.78.